The van der Waals surface area contributed by atoms with E-state index < -0.39 is 0 Å². The van der Waals surface area contributed by atoms with Crippen LogP contribution < -0.4 is 10.6 Å². The van der Waals surface area contributed by atoms with Crippen molar-refractivity contribution >= 4 is 0 Å². The van der Waals surface area contributed by atoms with Gasteiger partial charge in [0.05, 0.1) is 0 Å². The van der Waals surface area contributed by atoms with Crippen LogP contribution in [0.1, 0.15) is 61.8 Å². The Hall–Kier alpha value is -0.0800. The first-order valence-corrected chi connectivity index (χ1v) is 6.01. The van der Waals surface area contributed by atoms with Crippen LogP contribution in [0, 0.1) is 0 Å². The lowest BCUT2D eigenvalue weighted by atomic mass is 10.4. The van der Waals surface area contributed by atoms with Crippen molar-refractivity contribution in [1.29, 1.82) is 0 Å². The van der Waals surface area contributed by atoms with Crippen molar-refractivity contribution in [1.82, 2.24) is 10.6 Å². The van der Waals surface area contributed by atoms with Crippen molar-refractivity contribution in [2.24, 2.45) is 0 Å². The van der Waals surface area contributed by atoms with Gasteiger partial charge in [-0.1, -0.05) is 49.0 Å². The highest BCUT2D eigenvalue weighted by Gasteiger charge is 1.86. The standard InChI is InChI=1S/2C6H15N.CH4/c2*1-4-5-7-6(2)3;/h2*6-7H,4-5H2,1-3H3;1H4. The van der Waals surface area contributed by atoms with Crippen LogP contribution in [0.25, 0.3) is 0 Å². The van der Waals surface area contributed by atoms with Gasteiger partial charge < -0.3 is 10.6 Å². The molecule has 0 aliphatic carbocycles. The molecule has 0 aliphatic rings. The lowest BCUT2D eigenvalue weighted by molar-refractivity contribution is 0.584. The molecule has 0 aromatic carbocycles. The fraction of sp³-hybridized carbons (Fsp3) is 1.00. The van der Waals surface area contributed by atoms with Gasteiger partial charge in [-0.2, -0.15) is 0 Å². The summed E-state index contributed by atoms with van der Waals surface area (Å²) < 4.78 is 0. The molecule has 96 valence electrons. The van der Waals surface area contributed by atoms with Crippen LogP contribution >= 0.6 is 0 Å². The lowest BCUT2D eigenvalue weighted by Crippen LogP contribution is -2.22. The Bertz CT molecular complexity index is 78.5. The van der Waals surface area contributed by atoms with Gasteiger partial charge in [-0.3, -0.25) is 0 Å². The molecule has 0 saturated heterocycles. The summed E-state index contributed by atoms with van der Waals surface area (Å²) in [6, 6.07) is 1.31. The van der Waals surface area contributed by atoms with E-state index in [1.54, 1.807) is 0 Å². The van der Waals surface area contributed by atoms with Crippen LogP contribution in [0.2, 0.25) is 0 Å². The Morgan fingerprint density at radius 3 is 1.07 bits per heavy atom. The summed E-state index contributed by atoms with van der Waals surface area (Å²) in [6.07, 6.45) is 2.47. The van der Waals surface area contributed by atoms with Gasteiger partial charge in [0.25, 0.3) is 0 Å². The van der Waals surface area contributed by atoms with Crippen LogP contribution in [0.15, 0.2) is 0 Å². The van der Waals surface area contributed by atoms with Crippen LogP contribution in [0.3, 0.4) is 0 Å². The van der Waals surface area contributed by atoms with E-state index in [-0.39, 0.29) is 7.43 Å². The quantitative estimate of drug-likeness (QED) is 0.714. The maximum Gasteiger partial charge on any atom is 0.00103 e. The first kappa shape index (κ1) is 20.3. The monoisotopic (exact) mass is 218 g/mol. The van der Waals surface area contributed by atoms with Crippen molar-refractivity contribution in [2.45, 2.75) is 73.9 Å². The van der Waals surface area contributed by atoms with Crippen LogP contribution in [0.4, 0.5) is 0 Å². The third-order valence-electron chi connectivity index (χ3n) is 1.61. The van der Waals surface area contributed by atoms with E-state index in [0.717, 1.165) is 13.1 Å². The number of nitrogens with one attached hydrogen (secondary N) is 2. The van der Waals surface area contributed by atoms with Crippen molar-refractivity contribution in [2.75, 3.05) is 13.1 Å². The Morgan fingerprint density at radius 1 is 0.733 bits per heavy atom. The molecule has 0 aromatic heterocycles. The van der Waals surface area contributed by atoms with Gasteiger partial charge in [-0.15, -0.1) is 0 Å². The van der Waals surface area contributed by atoms with Gasteiger partial charge in [-0.25, -0.2) is 0 Å². The van der Waals surface area contributed by atoms with E-state index >= 15 is 0 Å². The molecular weight excluding hydrogens is 184 g/mol. The largest absolute Gasteiger partial charge is 0.315 e. The SMILES string of the molecule is C.CCCNC(C)C.CCCNC(C)C. The topological polar surface area (TPSA) is 24.1 Å². The average molecular weight is 218 g/mol. The molecule has 0 spiro atoms. The van der Waals surface area contributed by atoms with E-state index in [0.29, 0.717) is 12.1 Å². The summed E-state index contributed by atoms with van der Waals surface area (Å²) in [4.78, 5) is 0. The predicted molar refractivity (Wildman–Crippen MR) is 73.6 cm³/mol. The second kappa shape index (κ2) is 16.4. The van der Waals surface area contributed by atoms with E-state index in [1.807, 2.05) is 0 Å². The summed E-state index contributed by atoms with van der Waals surface area (Å²) in [5.41, 5.74) is 0. The zero-order valence-electron chi connectivity index (χ0n) is 11.0. The summed E-state index contributed by atoms with van der Waals surface area (Å²) in [5, 5.41) is 6.59. The van der Waals surface area contributed by atoms with Gasteiger partial charge in [-0.05, 0) is 25.9 Å². The van der Waals surface area contributed by atoms with E-state index in [2.05, 4.69) is 52.2 Å². The minimum absolute atomic E-state index is 0. The Morgan fingerprint density at radius 2 is 1.00 bits per heavy atom. The molecule has 0 unspecified atom stereocenters. The summed E-state index contributed by atoms with van der Waals surface area (Å²) in [7, 11) is 0. The highest BCUT2D eigenvalue weighted by atomic mass is 14.9. The van der Waals surface area contributed by atoms with Crippen molar-refractivity contribution in [3.05, 3.63) is 0 Å². The second-order valence-corrected chi connectivity index (χ2v) is 4.22. The maximum atomic E-state index is 3.30. The van der Waals surface area contributed by atoms with Crippen molar-refractivity contribution in [3.8, 4) is 0 Å². The fourth-order valence-corrected chi connectivity index (χ4v) is 0.866. The summed E-state index contributed by atoms with van der Waals surface area (Å²) in [5.74, 6) is 0. The van der Waals surface area contributed by atoms with Crippen molar-refractivity contribution < 1.29 is 0 Å². The van der Waals surface area contributed by atoms with E-state index in [9.17, 15) is 0 Å². The van der Waals surface area contributed by atoms with Gasteiger partial charge in [0.2, 0.25) is 0 Å². The molecule has 0 rings (SSSR count). The van der Waals surface area contributed by atoms with Gasteiger partial charge in [0, 0.05) is 12.1 Å². The van der Waals surface area contributed by atoms with Crippen LogP contribution in [-0.4, -0.2) is 25.2 Å². The molecule has 0 radical (unpaired) electrons. The minimum Gasteiger partial charge on any atom is -0.315 e. The molecular formula is C13H34N2. The molecule has 0 bridgehead atoms. The molecule has 0 amide bonds. The second-order valence-electron chi connectivity index (χ2n) is 4.22. The Labute approximate surface area is 98.2 Å². The van der Waals surface area contributed by atoms with E-state index in [1.165, 1.54) is 12.8 Å². The first-order chi connectivity index (χ1) is 6.54. The third-order valence-corrected chi connectivity index (χ3v) is 1.61. The Balaban J connectivity index is -0.000000180. The van der Waals surface area contributed by atoms with Crippen LogP contribution in [-0.2, 0) is 0 Å². The number of hydrogen-bond donors (Lipinski definition) is 2. The van der Waals surface area contributed by atoms with Crippen molar-refractivity contribution in [3.63, 3.8) is 0 Å². The smallest absolute Gasteiger partial charge is 0.00103 e. The molecule has 0 aliphatic heterocycles. The Kier molecular flexibility index (Phi) is 22.2. The molecule has 0 aromatic rings. The number of hydrogen-bond acceptors (Lipinski definition) is 2. The molecule has 2 nitrogen and oxygen atoms in total. The highest BCUT2D eigenvalue weighted by Crippen LogP contribution is 1.76. The molecule has 15 heavy (non-hydrogen) atoms. The molecule has 0 heterocycles. The molecule has 2 N–H and O–H groups in total. The van der Waals surface area contributed by atoms with Gasteiger partial charge >= 0.3 is 0 Å². The molecule has 0 fully saturated rings. The predicted octanol–water partition coefficient (Wildman–Crippen LogP) is 3.42. The molecule has 0 saturated carbocycles. The normalized spacial score (nSPS) is 9.60. The molecule has 2 heteroatoms. The zero-order chi connectivity index (χ0) is 11.4. The van der Waals surface area contributed by atoms with Gasteiger partial charge in [0.1, 0.15) is 0 Å². The lowest BCUT2D eigenvalue weighted by Gasteiger charge is -2.03. The minimum atomic E-state index is 0. The van der Waals surface area contributed by atoms with Gasteiger partial charge in [0.15, 0.2) is 0 Å². The maximum absolute atomic E-state index is 3.30. The first-order valence-electron chi connectivity index (χ1n) is 6.01. The fourth-order valence-electron chi connectivity index (χ4n) is 0.866. The highest BCUT2D eigenvalue weighted by molar-refractivity contribution is 4.49. The average Bonchev–Trinajstić information content (AvgIpc) is 2.12. The zero-order valence-corrected chi connectivity index (χ0v) is 11.0. The molecule has 0 atom stereocenters. The van der Waals surface area contributed by atoms with E-state index in [4.69, 9.17) is 0 Å². The third kappa shape index (κ3) is 31.5. The van der Waals surface area contributed by atoms with Crippen LogP contribution in [0.5, 0.6) is 0 Å². The summed E-state index contributed by atoms with van der Waals surface area (Å²) >= 11 is 0. The summed E-state index contributed by atoms with van der Waals surface area (Å²) in [6.45, 7) is 15.3. The number of rotatable bonds is 6.